The molecule has 0 radical (unpaired) electrons. The van der Waals surface area contributed by atoms with Crippen molar-refractivity contribution in [1.29, 1.82) is 5.26 Å². The van der Waals surface area contributed by atoms with Crippen molar-refractivity contribution in [2.24, 2.45) is 0 Å². The highest BCUT2D eigenvalue weighted by Gasteiger charge is 2.32. The van der Waals surface area contributed by atoms with Crippen LogP contribution in [-0.4, -0.2) is 30.1 Å². The number of amides is 2. The number of urea groups is 1. The Balaban J connectivity index is 1.41. The second-order valence-corrected chi connectivity index (χ2v) is 8.19. The summed E-state index contributed by atoms with van der Waals surface area (Å²) >= 11 is 0. The van der Waals surface area contributed by atoms with Crippen LogP contribution in [-0.2, 0) is 12.7 Å². The molecule has 2 amide bonds. The quantitative estimate of drug-likeness (QED) is 0.348. The SMILES string of the molecule is CN(C)c1ccc2c(Oc3ccc(NC(=O)NCc4ccc(C(F)(F)F)nc4)cc3)c(C#N)cnc2c1. The predicted octanol–water partition coefficient (Wildman–Crippen LogP) is 5.70. The number of carbonyl (C=O) groups excluding carboxylic acids is 1. The van der Waals surface area contributed by atoms with E-state index in [1.54, 1.807) is 24.3 Å². The molecule has 188 valence electrons. The molecule has 37 heavy (non-hydrogen) atoms. The fraction of sp³-hybridized carbons (Fsp3) is 0.154. The van der Waals surface area contributed by atoms with E-state index in [0.29, 0.717) is 33.7 Å². The number of pyridine rings is 2. The molecule has 0 spiro atoms. The van der Waals surface area contributed by atoms with Crippen LogP contribution < -0.4 is 20.3 Å². The number of benzene rings is 2. The Hall–Kier alpha value is -4.85. The molecule has 2 heterocycles. The molecule has 11 heteroatoms. The van der Waals surface area contributed by atoms with Crippen LogP contribution in [0.15, 0.2) is 67.0 Å². The van der Waals surface area contributed by atoms with Crippen molar-refractivity contribution in [3.63, 3.8) is 0 Å². The number of ether oxygens (including phenoxy) is 1. The van der Waals surface area contributed by atoms with E-state index in [0.717, 1.165) is 18.0 Å². The highest BCUT2D eigenvalue weighted by Crippen LogP contribution is 2.34. The average molecular weight is 506 g/mol. The first kappa shape index (κ1) is 25.2. The summed E-state index contributed by atoms with van der Waals surface area (Å²) in [5, 5.41) is 15.4. The fourth-order valence-electron chi connectivity index (χ4n) is 3.40. The highest BCUT2D eigenvalue weighted by molar-refractivity contribution is 5.90. The predicted molar refractivity (Wildman–Crippen MR) is 132 cm³/mol. The van der Waals surface area contributed by atoms with Crippen LogP contribution >= 0.6 is 0 Å². The molecule has 2 aromatic carbocycles. The van der Waals surface area contributed by atoms with Gasteiger partial charge in [0.1, 0.15) is 23.1 Å². The van der Waals surface area contributed by atoms with Crippen molar-refractivity contribution < 1.29 is 22.7 Å². The Morgan fingerprint density at radius 2 is 1.81 bits per heavy atom. The summed E-state index contributed by atoms with van der Waals surface area (Å²) in [5.41, 5.74) is 1.80. The number of hydrogen-bond donors (Lipinski definition) is 2. The third-order valence-electron chi connectivity index (χ3n) is 5.34. The number of halogens is 3. The molecule has 0 bridgehead atoms. The normalized spacial score (nSPS) is 11.0. The van der Waals surface area contributed by atoms with Gasteiger partial charge >= 0.3 is 12.2 Å². The number of rotatable bonds is 6. The Bertz CT molecular complexity index is 1460. The zero-order valence-electron chi connectivity index (χ0n) is 19.8. The summed E-state index contributed by atoms with van der Waals surface area (Å²) in [4.78, 5) is 21.9. The van der Waals surface area contributed by atoms with Gasteiger partial charge in [0.05, 0.1) is 5.52 Å². The van der Waals surface area contributed by atoms with E-state index in [1.165, 1.54) is 12.3 Å². The molecule has 0 fully saturated rings. The van der Waals surface area contributed by atoms with E-state index < -0.39 is 17.9 Å². The topological polar surface area (TPSA) is 103 Å². The molecule has 4 rings (SSSR count). The average Bonchev–Trinajstić information content (AvgIpc) is 2.88. The summed E-state index contributed by atoms with van der Waals surface area (Å²) in [5.74, 6) is 0.823. The number of hydrogen-bond acceptors (Lipinski definition) is 6. The lowest BCUT2D eigenvalue weighted by Crippen LogP contribution is -2.28. The summed E-state index contributed by atoms with van der Waals surface area (Å²) < 4.78 is 43.8. The first-order chi connectivity index (χ1) is 17.6. The van der Waals surface area contributed by atoms with Crippen LogP contribution in [0.2, 0.25) is 0 Å². The van der Waals surface area contributed by atoms with E-state index >= 15 is 0 Å². The van der Waals surface area contributed by atoms with Crippen molar-refractivity contribution in [2.75, 3.05) is 24.3 Å². The summed E-state index contributed by atoms with van der Waals surface area (Å²) in [6.45, 7) is -0.000243. The van der Waals surface area contributed by atoms with Gasteiger partial charge in [-0.15, -0.1) is 0 Å². The molecular formula is C26H21F3N6O2. The van der Waals surface area contributed by atoms with Crippen molar-refractivity contribution >= 4 is 28.3 Å². The van der Waals surface area contributed by atoms with Crippen LogP contribution in [0.4, 0.5) is 29.3 Å². The number of alkyl halides is 3. The van der Waals surface area contributed by atoms with E-state index in [-0.39, 0.29) is 12.1 Å². The van der Waals surface area contributed by atoms with Gasteiger partial charge in [-0.3, -0.25) is 9.97 Å². The van der Waals surface area contributed by atoms with E-state index in [2.05, 4.69) is 26.7 Å². The molecule has 0 aliphatic heterocycles. The zero-order valence-corrected chi connectivity index (χ0v) is 19.8. The van der Waals surface area contributed by atoms with Crippen LogP contribution in [0.25, 0.3) is 10.9 Å². The van der Waals surface area contributed by atoms with Crippen molar-refractivity contribution in [3.05, 3.63) is 83.8 Å². The second-order valence-electron chi connectivity index (χ2n) is 8.19. The number of nitrogens with zero attached hydrogens (tertiary/aromatic N) is 4. The van der Waals surface area contributed by atoms with Gasteiger partial charge in [-0.2, -0.15) is 18.4 Å². The zero-order chi connectivity index (χ0) is 26.6. The van der Waals surface area contributed by atoms with Gasteiger partial charge in [0, 0.05) is 49.8 Å². The molecule has 0 saturated heterocycles. The van der Waals surface area contributed by atoms with E-state index in [4.69, 9.17) is 4.74 Å². The Morgan fingerprint density at radius 1 is 1.05 bits per heavy atom. The summed E-state index contributed by atoms with van der Waals surface area (Å²) in [7, 11) is 3.84. The standard InChI is InChI=1S/C26H21F3N6O2/c1-35(2)19-6-9-21-22(11-19)31-15-17(12-30)24(21)37-20-7-4-18(5-8-20)34-25(36)33-14-16-3-10-23(32-13-16)26(27,28)29/h3-11,13,15H,14H2,1-2H3,(H2,33,34,36). The molecule has 0 saturated carbocycles. The lowest BCUT2D eigenvalue weighted by Gasteiger charge is -2.15. The van der Waals surface area contributed by atoms with Gasteiger partial charge < -0.3 is 20.3 Å². The number of anilines is 2. The van der Waals surface area contributed by atoms with Crippen LogP contribution in [0, 0.1) is 11.3 Å². The van der Waals surface area contributed by atoms with Crippen molar-refractivity contribution in [2.45, 2.75) is 12.7 Å². The molecule has 2 aromatic heterocycles. The number of aromatic nitrogens is 2. The van der Waals surface area contributed by atoms with Crippen LogP contribution in [0.5, 0.6) is 11.5 Å². The number of fused-ring (bicyclic) bond motifs is 1. The Labute approximate surface area is 210 Å². The van der Waals surface area contributed by atoms with Gasteiger partial charge in [0.15, 0.2) is 5.75 Å². The number of carbonyl (C=O) groups is 1. The first-order valence-electron chi connectivity index (χ1n) is 11.0. The van der Waals surface area contributed by atoms with Crippen molar-refractivity contribution in [3.8, 4) is 17.6 Å². The van der Waals surface area contributed by atoms with Gasteiger partial charge in [-0.25, -0.2) is 4.79 Å². The van der Waals surface area contributed by atoms with Gasteiger partial charge in [-0.1, -0.05) is 6.07 Å². The fourth-order valence-corrected chi connectivity index (χ4v) is 3.40. The van der Waals surface area contributed by atoms with Gasteiger partial charge in [-0.05, 0) is 54.1 Å². The second kappa shape index (κ2) is 10.4. The monoisotopic (exact) mass is 506 g/mol. The molecule has 2 N–H and O–H groups in total. The minimum atomic E-state index is -4.52. The maximum absolute atomic E-state index is 12.6. The summed E-state index contributed by atoms with van der Waals surface area (Å²) in [6.07, 6.45) is -1.99. The third kappa shape index (κ3) is 6.05. The van der Waals surface area contributed by atoms with Gasteiger partial charge in [0.2, 0.25) is 0 Å². The molecule has 0 aliphatic rings. The largest absolute Gasteiger partial charge is 0.455 e. The third-order valence-corrected chi connectivity index (χ3v) is 5.34. The van der Waals surface area contributed by atoms with Gasteiger partial charge in [0.25, 0.3) is 0 Å². The summed E-state index contributed by atoms with van der Waals surface area (Å²) in [6, 6.07) is 15.8. The molecule has 8 nitrogen and oxygen atoms in total. The lowest BCUT2D eigenvalue weighted by molar-refractivity contribution is -0.141. The molecule has 4 aromatic rings. The number of nitrogens with one attached hydrogen (secondary N) is 2. The number of nitriles is 1. The molecule has 0 unspecified atom stereocenters. The maximum atomic E-state index is 12.6. The maximum Gasteiger partial charge on any atom is 0.433 e. The van der Waals surface area contributed by atoms with E-state index in [1.807, 2.05) is 37.2 Å². The van der Waals surface area contributed by atoms with Crippen molar-refractivity contribution in [1.82, 2.24) is 15.3 Å². The smallest absolute Gasteiger partial charge is 0.433 e. The molecule has 0 aliphatic carbocycles. The Morgan fingerprint density at radius 3 is 2.43 bits per heavy atom. The lowest BCUT2D eigenvalue weighted by atomic mass is 10.1. The van der Waals surface area contributed by atoms with Crippen LogP contribution in [0.3, 0.4) is 0 Å². The Kier molecular flexibility index (Phi) is 7.11. The minimum absolute atomic E-state index is 0.000243. The molecule has 0 atom stereocenters. The van der Waals surface area contributed by atoms with Crippen LogP contribution in [0.1, 0.15) is 16.8 Å². The minimum Gasteiger partial charge on any atom is -0.455 e. The first-order valence-corrected chi connectivity index (χ1v) is 11.0. The molecular weight excluding hydrogens is 485 g/mol. The highest BCUT2D eigenvalue weighted by atomic mass is 19.4. The van der Waals surface area contributed by atoms with E-state index in [9.17, 15) is 23.2 Å².